The van der Waals surface area contributed by atoms with Gasteiger partial charge in [-0.05, 0) is 60.8 Å². The lowest BCUT2D eigenvalue weighted by Gasteiger charge is -2.20. The van der Waals surface area contributed by atoms with E-state index in [0.717, 1.165) is 12.0 Å². The average molecular weight is 293 g/mol. The van der Waals surface area contributed by atoms with Gasteiger partial charge in [-0.1, -0.05) is 18.5 Å². The number of hydrogen-bond donors (Lipinski definition) is 1. The Morgan fingerprint density at radius 1 is 1.30 bits per heavy atom. The molecule has 2 nitrogen and oxygen atoms in total. The van der Waals surface area contributed by atoms with Crippen molar-refractivity contribution in [1.82, 2.24) is 10.3 Å². The Balaban J connectivity index is 2.31. The Bertz CT molecular complexity index is 586. The largest absolute Gasteiger partial charge is 0.313 e. The van der Waals surface area contributed by atoms with E-state index in [1.54, 1.807) is 18.3 Å². The lowest BCUT2D eigenvalue weighted by molar-refractivity contribution is 0.551. The van der Waals surface area contributed by atoms with E-state index in [0.29, 0.717) is 17.0 Å². The molecule has 106 valence electrons. The van der Waals surface area contributed by atoms with Crippen LogP contribution in [-0.2, 0) is 12.8 Å². The van der Waals surface area contributed by atoms with Crippen molar-refractivity contribution in [1.29, 1.82) is 0 Å². The first-order valence-corrected chi connectivity index (χ1v) is 7.07. The molecule has 0 radical (unpaired) electrons. The average Bonchev–Trinajstić information content (AvgIpc) is 2.48. The van der Waals surface area contributed by atoms with Crippen molar-refractivity contribution < 1.29 is 4.39 Å². The van der Waals surface area contributed by atoms with Crippen molar-refractivity contribution in [3.8, 4) is 0 Å². The molecule has 0 fully saturated rings. The zero-order valence-electron chi connectivity index (χ0n) is 11.7. The zero-order chi connectivity index (χ0) is 14.5. The highest BCUT2D eigenvalue weighted by Crippen LogP contribution is 2.24. The molecule has 1 heterocycles. The number of nitrogens with one attached hydrogen (secondary N) is 1. The predicted molar refractivity (Wildman–Crippen MR) is 80.5 cm³/mol. The molecule has 1 atom stereocenters. The summed E-state index contributed by atoms with van der Waals surface area (Å²) in [6, 6.07) is 6.70. The molecular formula is C16H18ClFN2. The summed E-state index contributed by atoms with van der Waals surface area (Å²) in [6.07, 6.45) is 5.10. The highest BCUT2D eigenvalue weighted by Gasteiger charge is 2.15. The smallest absolute Gasteiger partial charge is 0.126 e. The van der Waals surface area contributed by atoms with E-state index in [1.807, 2.05) is 19.3 Å². The number of aromatic nitrogens is 1. The van der Waals surface area contributed by atoms with Crippen LogP contribution in [0, 0.1) is 5.82 Å². The SMILES string of the molecule is CCc1cnccc1C(Cc1cc(Cl)ccc1F)NC. The van der Waals surface area contributed by atoms with Gasteiger partial charge in [-0.25, -0.2) is 4.39 Å². The summed E-state index contributed by atoms with van der Waals surface area (Å²) >= 11 is 5.95. The van der Waals surface area contributed by atoms with E-state index >= 15 is 0 Å². The van der Waals surface area contributed by atoms with E-state index in [4.69, 9.17) is 11.6 Å². The lowest BCUT2D eigenvalue weighted by Crippen LogP contribution is -2.21. The number of pyridine rings is 1. The van der Waals surface area contributed by atoms with Gasteiger partial charge in [0.1, 0.15) is 5.82 Å². The molecule has 0 saturated heterocycles. The number of benzene rings is 1. The van der Waals surface area contributed by atoms with Crippen LogP contribution < -0.4 is 5.32 Å². The van der Waals surface area contributed by atoms with Gasteiger partial charge in [0.15, 0.2) is 0 Å². The topological polar surface area (TPSA) is 24.9 Å². The van der Waals surface area contributed by atoms with Crippen LogP contribution in [0.4, 0.5) is 4.39 Å². The molecule has 20 heavy (non-hydrogen) atoms. The first kappa shape index (κ1) is 14.9. The Morgan fingerprint density at radius 2 is 2.10 bits per heavy atom. The van der Waals surface area contributed by atoms with Gasteiger partial charge >= 0.3 is 0 Å². The normalized spacial score (nSPS) is 12.4. The Kier molecular flexibility index (Phi) is 5.10. The van der Waals surface area contributed by atoms with Crippen LogP contribution >= 0.6 is 11.6 Å². The minimum Gasteiger partial charge on any atom is -0.313 e. The molecule has 0 aliphatic heterocycles. The second-order valence-electron chi connectivity index (χ2n) is 4.71. The zero-order valence-corrected chi connectivity index (χ0v) is 12.4. The van der Waals surface area contributed by atoms with Crippen LogP contribution in [0.25, 0.3) is 0 Å². The molecule has 1 aromatic heterocycles. The van der Waals surface area contributed by atoms with Crippen LogP contribution in [0.15, 0.2) is 36.7 Å². The molecule has 0 amide bonds. The lowest BCUT2D eigenvalue weighted by atomic mass is 9.95. The third-order valence-corrected chi connectivity index (χ3v) is 3.71. The van der Waals surface area contributed by atoms with Gasteiger partial charge in [0, 0.05) is 23.5 Å². The number of aryl methyl sites for hydroxylation is 1. The number of nitrogens with zero attached hydrogens (tertiary/aromatic N) is 1. The molecular weight excluding hydrogens is 275 g/mol. The molecule has 0 aliphatic rings. The van der Waals surface area contributed by atoms with Gasteiger partial charge in [-0.15, -0.1) is 0 Å². The van der Waals surface area contributed by atoms with Crippen molar-refractivity contribution in [2.45, 2.75) is 25.8 Å². The maximum absolute atomic E-state index is 13.9. The summed E-state index contributed by atoms with van der Waals surface area (Å²) in [7, 11) is 1.88. The molecule has 0 spiro atoms. The molecule has 4 heteroatoms. The summed E-state index contributed by atoms with van der Waals surface area (Å²) in [5.41, 5.74) is 2.95. The fraction of sp³-hybridized carbons (Fsp3) is 0.312. The van der Waals surface area contributed by atoms with Crippen LogP contribution in [0.2, 0.25) is 5.02 Å². The molecule has 0 aliphatic carbocycles. The van der Waals surface area contributed by atoms with Gasteiger partial charge in [0.25, 0.3) is 0 Å². The predicted octanol–water partition coefficient (Wildman–Crippen LogP) is 3.94. The van der Waals surface area contributed by atoms with Crippen LogP contribution in [-0.4, -0.2) is 12.0 Å². The Morgan fingerprint density at radius 3 is 2.80 bits per heavy atom. The summed E-state index contributed by atoms with van der Waals surface area (Å²) in [5, 5.41) is 3.81. The Hall–Kier alpha value is -1.45. The maximum atomic E-state index is 13.9. The second kappa shape index (κ2) is 6.82. The van der Waals surface area contributed by atoms with E-state index in [2.05, 4.69) is 17.2 Å². The number of likely N-dealkylation sites (N-methyl/N-ethyl adjacent to an activating group) is 1. The minimum atomic E-state index is -0.221. The van der Waals surface area contributed by atoms with E-state index in [9.17, 15) is 4.39 Å². The minimum absolute atomic E-state index is 0.0425. The van der Waals surface area contributed by atoms with Gasteiger partial charge in [0.05, 0.1) is 0 Å². The van der Waals surface area contributed by atoms with Gasteiger partial charge in [-0.3, -0.25) is 4.98 Å². The quantitative estimate of drug-likeness (QED) is 0.903. The third kappa shape index (κ3) is 3.35. The first-order chi connectivity index (χ1) is 9.65. The maximum Gasteiger partial charge on any atom is 0.126 e. The Labute approximate surface area is 124 Å². The number of hydrogen-bond acceptors (Lipinski definition) is 2. The molecule has 1 aromatic carbocycles. The molecule has 2 rings (SSSR count). The van der Waals surface area contributed by atoms with Crippen molar-refractivity contribution in [2.75, 3.05) is 7.05 Å². The molecule has 1 unspecified atom stereocenters. The van der Waals surface area contributed by atoms with E-state index < -0.39 is 0 Å². The summed E-state index contributed by atoms with van der Waals surface area (Å²) in [6.45, 7) is 2.09. The van der Waals surface area contributed by atoms with Gasteiger partial charge in [-0.2, -0.15) is 0 Å². The first-order valence-electron chi connectivity index (χ1n) is 6.69. The molecule has 2 aromatic rings. The molecule has 1 N–H and O–H groups in total. The van der Waals surface area contributed by atoms with Crippen molar-refractivity contribution >= 4 is 11.6 Å². The van der Waals surface area contributed by atoms with Gasteiger partial charge < -0.3 is 5.32 Å². The molecule has 0 saturated carbocycles. The molecule has 0 bridgehead atoms. The van der Waals surface area contributed by atoms with Crippen molar-refractivity contribution in [2.24, 2.45) is 0 Å². The monoisotopic (exact) mass is 292 g/mol. The van der Waals surface area contributed by atoms with Crippen molar-refractivity contribution in [3.63, 3.8) is 0 Å². The van der Waals surface area contributed by atoms with Gasteiger partial charge in [0.2, 0.25) is 0 Å². The summed E-state index contributed by atoms with van der Waals surface area (Å²) in [4.78, 5) is 4.15. The van der Waals surface area contributed by atoms with Crippen LogP contribution in [0.3, 0.4) is 0 Å². The van der Waals surface area contributed by atoms with Crippen LogP contribution in [0.5, 0.6) is 0 Å². The van der Waals surface area contributed by atoms with E-state index in [1.165, 1.54) is 11.6 Å². The van der Waals surface area contributed by atoms with Crippen LogP contribution in [0.1, 0.15) is 29.7 Å². The third-order valence-electron chi connectivity index (χ3n) is 3.48. The second-order valence-corrected chi connectivity index (χ2v) is 5.15. The highest BCUT2D eigenvalue weighted by molar-refractivity contribution is 6.30. The number of rotatable bonds is 5. The fourth-order valence-electron chi connectivity index (χ4n) is 2.36. The summed E-state index contributed by atoms with van der Waals surface area (Å²) in [5.74, 6) is -0.221. The fourth-order valence-corrected chi connectivity index (χ4v) is 2.56. The highest BCUT2D eigenvalue weighted by atomic mass is 35.5. The summed E-state index contributed by atoms with van der Waals surface area (Å²) < 4.78 is 13.9. The number of halogens is 2. The van der Waals surface area contributed by atoms with E-state index in [-0.39, 0.29) is 11.9 Å². The standard InChI is InChI=1S/C16H18ClFN2/c1-3-11-10-20-7-6-14(11)16(19-2)9-12-8-13(17)4-5-15(12)18/h4-8,10,16,19H,3,9H2,1-2H3. The van der Waals surface area contributed by atoms with Crippen molar-refractivity contribution in [3.05, 3.63) is 64.2 Å².